The molecule has 1 aromatic heterocycles. The molecule has 1 fully saturated rings. The summed E-state index contributed by atoms with van der Waals surface area (Å²) in [5.74, 6) is 0.384. The van der Waals surface area contributed by atoms with Crippen LogP contribution in [0.25, 0.3) is 0 Å². The summed E-state index contributed by atoms with van der Waals surface area (Å²) in [6, 6.07) is 0.453. The number of aromatic nitrogens is 1. The lowest BCUT2D eigenvalue weighted by molar-refractivity contribution is -0.126. The standard InChI is InChI=1S/C14H23N3OS.ClH/c1-9-8-12(4-6-15-9)14(18)16-7-5-13-17-10(2)11(3)19-13;/h9,12,15H,4-8H2,1-3H3,(H,16,18);1H/t9-,12-;/m0./s1. The van der Waals surface area contributed by atoms with Crippen molar-refractivity contribution in [2.75, 3.05) is 13.1 Å². The number of halogens is 1. The lowest BCUT2D eigenvalue weighted by atomic mass is 9.92. The Labute approximate surface area is 131 Å². The van der Waals surface area contributed by atoms with Gasteiger partial charge in [-0.2, -0.15) is 0 Å². The van der Waals surface area contributed by atoms with Crippen LogP contribution in [0.5, 0.6) is 0 Å². The van der Waals surface area contributed by atoms with Crippen molar-refractivity contribution >= 4 is 29.7 Å². The van der Waals surface area contributed by atoms with Crippen LogP contribution in [-0.2, 0) is 11.2 Å². The fourth-order valence-corrected chi connectivity index (χ4v) is 3.39. The molecule has 1 amide bonds. The van der Waals surface area contributed by atoms with Crippen molar-refractivity contribution in [2.24, 2.45) is 5.92 Å². The highest BCUT2D eigenvalue weighted by Gasteiger charge is 2.24. The van der Waals surface area contributed by atoms with Gasteiger partial charge in [-0.3, -0.25) is 4.79 Å². The second-order valence-electron chi connectivity index (χ2n) is 5.37. The molecule has 1 aliphatic rings. The Kier molecular flexibility index (Phi) is 6.92. The molecule has 0 aliphatic carbocycles. The Morgan fingerprint density at radius 1 is 1.50 bits per heavy atom. The number of amides is 1. The summed E-state index contributed by atoms with van der Waals surface area (Å²) >= 11 is 1.73. The third-order valence-electron chi connectivity index (χ3n) is 3.71. The van der Waals surface area contributed by atoms with Gasteiger partial charge in [0.15, 0.2) is 0 Å². The summed E-state index contributed by atoms with van der Waals surface area (Å²) in [6.45, 7) is 7.91. The maximum atomic E-state index is 12.1. The van der Waals surface area contributed by atoms with E-state index in [4.69, 9.17) is 0 Å². The zero-order valence-corrected chi connectivity index (χ0v) is 14.0. The molecule has 4 nitrogen and oxygen atoms in total. The molecule has 0 unspecified atom stereocenters. The number of aryl methyl sites for hydroxylation is 2. The van der Waals surface area contributed by atoms with Gasteiger partial charge in [0.05, 0.1) is 10.7 Å². The van der Waals surface area contributed by atoms with Crippen LogP contribution in [0.1, 0.15) is 35.3 Å². The molecule has 0 radical (unpaired) electrons. The quantitative estimate of drug-likeness (QED) is 0.895. The highest BCUT2D eigenvalue weighted by molar-refractivity contribution is 7.11. The minimum atomic E-state index is 0. The van der Waals surface area contributed by atoms with Crippen molar-refractivity contribution < 1.29 is 4.79 Å². The highest BCUT2D eigenvalue weighted by atomic mass is 35.5. The first-order chi connectivity index (χ1) is 9.06. The average Bonchev–Trinajstić information content (AvgIpc) is 2.68. The van der Waals surface area contributed by atoms with Crippen molar-refractivity contribution in [2.45, 2.75) is 46.1 Å². The first-order valence-corrected chi connectivity index (χ1v) is 7.82. The highest BCUT2D eigenvalue weighted by Crippen LogP contribution is 2.17. The van der Waals surface area contributed by atoms with Gasteiger partial charge in [-0.05, 0) is 40.2 Å². The van der Waals surface area contributed by atoms with Crippen molar-refractivity contribution in [3.05, 3.63) is 15.6 Å². The van der Waals surface area contributed by atoms with Gasteiger partial charge in [0.1, 0.15) is 0 Å². The van der Waals surface area contributed by atoms with Crippen LogP contribution in [0.4, 0.5) is 0 Å². The van der Waals surface area contributed by atoms with E-state index in [1.54, 1.807) is 11.3 Å². The molecule has 2 rings (SSSR count). The zero-order valence-electron chi connectivity index (χ0n) is 12.4. The van der Waals surface area contributed by atoms with Gasteiger partial charge < -0.3 is 10.6 Å². The third-order valence-corrected chi connectivity index (χ3v) is 4.84. The van der Waals surface area contributed by atoms with E-state index in [2.05, 4.69) is 29.5 Å². The summed E-state index contributed by atoms with van der Waals surface area (Å²) in [5, 5.41) is 7.54. The van der Waals surface area contributed by atoms with Gasteiger partial charge in [-0.1, -0.05) is 0 Å². The summed E-state index contributed by atoms with van der Waals surface area (Å²) in [4.78, 5) is 17.8. The number of carbonyl (C=O) groups is 1. The largest absolute Gasteiger partial charge is 0.355 e. The molecule has 1 aliphatic heterocycles. The summed E-state index contributed by atoms with van der Waals surface area (Å²) in [7, 11) is 0. The van der Waals surface area contributed by atoms with Gasteiger partial charge in [-0.15, -0.1) is 23.7 Å². The lowest BCUT2D eigenvalue weighted by Crippen LogP contribution is -2.42. The molecule has 2 atom stereocenters. The molecule has 2 N–H and O–H groups in total. The summed E-state index contributed by atoms with van der Waals surface area (Å²) < 4.78 is 0. The smallest absolute Gasteiger partial charge is 0.223 e. The SMILES string of the molecule is Cc1nc(CCNC(=O)[C@H]2CCN[C@@H](C)C2)sc1C.Cl. The monoisotopic (exact) mass is 317 g/mol. The molecule has 2 heterocycles. The van der Waals surface area contributed by atoms with E-state index in [-0.39, 0.29) is 24.2 Å². The molecule has 20 heavy (non-hydrogen) atoms. The maximum Gasteiger partial charge on any atom is 0.223 e. The molecule has 1 aromatic rings. The Morgan fingerprint density at radius 3 is 2.85 bits per heavy atom. The van der Waals surface area contributed by atoms with Gasteiger partial charge in [-0.25, -0.2) is 4.98 Å². The topological polar surface area (TPSA) is 54.0 Å². The normalized spacial score (nSPS) is 22.1. The number of nitrogens with zero attached hydrogens (tertiary/aromatic N) is 1. The van der Waals surface area contributed by atoms with E-state index in [1.165, 1.54) is 4.88 Å². The van der Waals surface area contributed by atoms with Gasteiger partial charge in [0.25, 0.3) is 0 Å². The maximum absolute atomic E-state index is 12.1. The minimum absolute atomic E-state index is 0. The molecule has 114 valence electrons. The van der Waals surface area contributed by atoms with E-state index in [1.807, 2.05) is 6.92 Å². The predicted octanol–water partition coefficient (Wildman–Crippen LogP) is 2.23. The second-order valence-corrected chi connectivity index (χ2v) is 6.65. The van der Waals surface area contributed by atoms with Crippen LogP contribution in [0.2, 0.25) is 0 Å². The predicted molar refractivity (Wildman–Crippen MR) is 85.7 cm³/mol. The van der Waals surface area contributed by atoms with Gasteiger partial charge in [0.2, 0.25) is 5.91 Å². The van der Waals surface area contributed by atoms with Crippen molar-refractivity contribution in [1.29, 1.82) is 0 Å². The Bertz CT molecular complexity index is 430. The molecule has 0 bridgehead atoms. The third kappa shape index (κ3) is 4.72. The van der Waals surface area contributed by atoms with Gasteiger partial charge >= 0.3 is 0 Å². The van der Waals surface area contributed by atoms with Crippen LogP contribution >= 0.6 is 23.7 Å². The Hall–Kier alpha value is -0.650. The first kappa shape index (κ1) is 17.4. The number of thiazole rings is 1. The fourth-order valence-electron chi connectivity index (χ4n) is 2.45. The van der Waals surface area contributed by atoms with Crippen LogP contribution in [0, 0.1) is 19.8 Å². The molecular formula is C14H24ClN3OS. The first-order valence-electron chi connectivity index (χ1n) is 7.00. The minimum Gasteiger partial charge on any atom is -0.355 e. The molecular weight excluding hydrogens is 294 g/mol. The molecule has 0 aromatic carbocycles. The van der Waals surface area contributed by atoms with Crippen molar-refractivity contribution in [3.63, 3.8) is 0 Å². The second kappa shape index (κ2) is 7.96. The fraction of sp³-hybridized carbons (Fsp3) is 0.714. The summed E-state index contributed by atoms with van der Waals surface area (Å²) in [6.07, 6.45) is 2.73. The zero-order chi connectivity index (χ0) is 13.8. The molecule has 6 heteroatoms. The average molecular weight is 318 g/mol. The number of piperidine rings is 1. The van der Waals surface area contributed by atoms with Crippen LogP contribution in [0.3, 0.4) is 0 Å². The van der Waals surface area contributed by atoms with E-state index < -0.39 is 0 Å². The Balaban J connectivity index is 0.00000200. The molecule has 0 saturated carbocycles. The summed E-state index contributed by atoms with van der Waals surface area (Å²) in [5.41, 5.74) is 1.11. The van der Waals surface area contributed by atoms with Crippen LogP contribution in [0.15, 0.2) is 0 Å². The van der Waals surface area contributed by atoms with E-state index in [9.17, 15) is 4.79 Å². The van der Waals surface area contributed by atoms with E-state index in [0.717, 1.165) is 36.5 Å². The lowest BCUT2D eigenvalue weighted by Gasteiger charge is -2.27. The number of hydrogen-bond donors (Lipinski definition) is 2. The van der Waals surface area contributed by atoms with Crippen molar-refractivity contribution in [1.82, 2.24) is 15.6 Å². The van der Waals surface area contributed by atoms with E-state index in [0.29, 0.717) is 12.6 Å². The Morgan fingerprint density at radius 2 is 2.25 bits per heavy atom. The number of hydrogen-bond acceptors (Lipinski definition) is 4. The van der Waals surface area contributed by atoms with Crippen molar-refractivity contribution in [3.8, 4) is 0 Å². The number of rotatable bonds is 4. The van der Waals surface area contributed by atoms with Gasteiger partial charge in [0, 0.05) is 29.8 Å². The number of nitrogens with one attached hydrogen (secondary N) is 2. The number of carbonyl (C=O) groups excluding carboxylic acids is 1. The van der Waals surface area contributed by atoms with E-state index >= 15 is 0 Å². The van der Waals surface area contributed by atoms with Crippen LogP contribution in [-0.4, -0.2) is 30.0 Å². The van der Waals surface area contributed by atoms with Crippen LogP contribution < -0.4 is 10.6 Å². The molecule has 0 spiro atoms. The molecule has 1 saturated heterocycles.